The van der Waals surface area contributed by atoms with E-state index in [9.17, 15) is 9.18 Å². The van der Waals surface area contributed by atoms with Gasteiger partial charge in [0.15, 0.2) is 0 Å². The van der Waals surface area contributed by atoms with Crippen molar-refractivity contribution in [2.75, 3.05) is 0 Å². The van der Waals surface area contributed by atoms with Crippen LogP contribution in [0.4, 0.5) is 4.39 Å². The minimum Gasteiger partial charge on any atom is -0.478 e. The fourth-order valence-electron chi connectivity index (χ4n) is 3.30. The number of allylic oxidation sites excluding steroid dienone is 5. The van der Waals surface area contributed by atoms with Crippen LogP contribution in [0.2, 0.25) is 0 Å². The summed E-state index contributed by atoms with van der Waals surface area (Å²) in [5.41, 5.74) is 4.25. The van der Waals surface area contributed by atoms with Crippen molar-refractivity contribution >= 4 is 12.0 Å². The van der Waals surface area contributed by atoms with Crippen LogP contribution in [0.5, 0.6) is 0 Å². The molecule has 0 radical (unpaired) electrons. The molecule has 2 nitrogen and oxygen atoms in total. The molecule has 0 spiro atoms. The summed E-state index contributed by atoms with van der Waals surface area (Å²) in [7, 11) is 0. The average Bonchev–Trinajstić information content (AvgIpc) is 2.48. The zero-order valence-electron chi connectivity index (χ0n) is 14.8. The molecule has 0 atom stereocenters. The molecule has 1 aliphatic rings. The van der Waals surface area contributed by atoms with Gasteiger partial charge in [0.2, 0.25) is 0 Å². The summed E-state index contributed by atoms with van der Waals surface area (Å²) in [4.78, 5) is 10.9. The maximum absolute atomic E-state index is 14.0. The van der Waals surface area contributed by atoms with Crippen LogP contribution in [-0.2, 0) is 0 Å². The molecule has 1 N–H and O–H groups in total. The van der Waals surface area contributed by atoms with Gasteiger partial charge in [-0.05, 0) is 62.3 Å². The summed E-state index contributed by atoms with van der Waals surface area (Å²) >= 11 is 0. The highest BCUT2D eigenvalue weighted by molar-refractivity contribution is 5.87. The molecule has 0 fully saturated rings. The van der Waals surface area contributed by atoms with Crippen molar-refractivity contribution in [3.05, 3.63) is 64.0 Å². The van der Waals surface area contributed by atoms with Gasteiger partial charge < -0.3 is 5.11 Å². The number of hydrogen-bond donors (Lipinski definition) is 1. The summed E-state index contributed by atoms with van der Waals surface area (Å²) in [5, 5.41) is 8.89. The number of halogens is 1. The number of hydrogen-bond acceptors (Lipinski definition) is 1. The van der Waals surface area contributed by atoms with E-state index >= 15 is 0 Å². The fraction of sp³-hybridized carbons (Fsp3) is 0.381. The second-order valence-electron chi connectivity index (χ2n) is 7.19. The van der Waals surface area contributed by atoms with Gasteiger partial charge in [0.25, 0.3) is 0 Å². The standard InChI is InChI=1S/C21H25FO2/c1-14(7-10-18-15(2)6-5-11-21(18,3)4)12-16-8-9-17(20(23)24)13-19(16)22/h7-10,12-13H,5-6,11H2,1-4H3,(H,23,24). The summed E-state index contributed by atoms with van der Waals surface area (Å²) < 4.78 is 14.0. The van der Waals surface area contributed by atoms with Crippen LogP contribution in [-0.4, -0.2) is 11.1 Å². The third kappa shape index (κ3) is 4.22. The van der Waals surface area contributed by atoms with Crippen LogP contribution >= 0.6 is 0 Å². The molecule has 0 aliphatic heterocycles. The highest BCUT2D eigenvalue weighted by atomic mass is 19.1. The van der Waals surface area contributed by atoms with E-state index in [-0.39, 0.29) is 11.0 Å². The number of aromatic carboxylic acids is 1. The molecule has 2 rings (SSSR count). The van der Waals surface area contributed by atoms with Crippen LogP contribution in [0.15, 0.2) is 47.1 Å². The van der Waals surface area contributed by atoms with Gasteiger partial charge in [0.05, 0.1) is 5.56 Å². The lowest BCUT2D eigenvalue weighted by atomic mass is 9.72. The predicted octanol–water partition coefficient (Wildman–Crippen LogP) is 6.01. The van der Waals surface area contributed by atoms with Gasteiger partial charge in [0.1, 0.15) is 5.82 Å². The molecule has 0 saturated carbocycles. The second kappa shape index (κ2) is 7.16. The smallest absolute Gasteiger partial charge is 0.335 e. The van der Waals surface area contributed by atoms with Crippen molar-refractivity contribution < 1.29 is 14.3 Å². The molecule has 0 heterocycles. The SMILES string of the molecule is CC(C=CC1=C(C)CCCC1(C)C)=Cc1ccc(C(=O)O)cc1F. The van der Waals surface area contributed by atoms with Gasteiger partial charge >= 0.3 is 5.97 Å². The number of rotatable bonds is 4. The molecule has 1 aromatic rings. The molecular formula is C21H25FO2. The first-order valence-corrected chi connectivity index (χ1v) is 8.30. The number of benzene rings is 1. The fourth-order valence-corrected chi connectivity index (χ4v) is 3.30. The van der Waals surface area contributed by atoms with Crippen LogP contribution in [0.3, 0.4) is 0 Å². The van der Waals surface area contributed by atoms with Gasteiger partial charge in [-0.15, -0.1) is 0 Å². The molecular weight excluding hydrogens is 303 g/mol. The quantitative estimate of drug-likeness (QED) is 0.687. The molecule has 0 unspecified atom stereocenters. The van der Waals surface area contributed by atoms with E-state index in [4.69, 9.17) is 5.11 Å². The lowest BCUT2D eigenvalue weighted by Gasteiger charge is -2.32. The van der Waals surface area contributed by atoms with Crippen LogP contribution in [0.25, 0.3) is 6.08 Å². The molecule has 0 saturated heterocycles. The van der Waals surface area contributed by atoms with Gasteiger partial charge in [-0.25, -0.2) is 9.18 Å². The molecule has 0 bridgehead atoms. The Hall–Kier alpha value is -2.16. The number of carboxylic acids is 1. The molecule has 1 aromatic carbocycles. The lowest BCUT2D eigenvalue weighted by molar-refractivity contribution is 0.0696. The van der Waals surface area contributed by atoms with Crippen molar-refractivity contribution in [3.63, 3.8) is 0 Å². The van der Waals surface area contributed by atoms with Gasteiger partial charge in [-0.2, -0.15) is 0 Å². The monoisotopic (exact) mass is 328 g/mol. The van der Waals surface area contributed by atoms with E-state index in [1.165, 1.54) is 36.1 Å². The van der Waals surface area contributed by atoms with E-state index < -0.39 is 11.8 Å². The Labute approximate surface area is 143 Å². The van der Waals surface area contributed by atoms with E-state index in [0.717, 1.165) is 18.1 Å². The van der Waals surface area contributed by atoms with Crippen LogP contribution in [0.1, 0.15) is 62.9 Å². The molecule has 0 aromatic heterocycles. The van der Waals surface area contributed by atoms with E-state index in [0.29, 0.717) is 5.56 Å². The Bertz CT molecular complexity index is 736. The first-order valence-electron chi connectivity index (χ1n) is 8.30. The van der Waals surface area contributed by atoms with Crippen molar-refractivity contribution in [1.82, 2.24) is 0 Å². The van der Waals surface area contributed by atoms with Crippen LogP contribution < -0.4 is 0 Å². The first kappa shape index (κ1) is 18.2. The zero-order valence-corrected chi connectivity index (χ0v) is 14.8. The first-order chi connectivity index (χ1) is 11.2. The van der Waals surface area contributed by atoms with Gasteiger partial charge in [-0.1, -0.05) is 43.2 Å². The Balaban J connectivity index is 2.24. The normalized spacial score (nSPS) is 18.3. The van der Waals surface area contributed by atoms with E-state index in [1.807, 2.05) is 13.0 Å². The molecule has 128 valence electrons. The average molecular weight is 328 g/mol. The van der Waals surface area contributed by atoms with Crippen LogP contribution in [0, 0.1) is 11.2 Å². The topological polar surface area (TPSA) is 37.3 Å². The summed E-state index contributed by atoms with van der Waals surface area (Å²) in [6.07, 6.45) is 9.44. The molecule has 3 heteroatoms. The maximum atomic E-state index is 14.0. The number of carbonyl (C=O) groups is 1. The molecule has 24 heavy (non-hydrogen) atoms. The summed E-state index contributed by atoms with van der Waals surface area (Å²) in [5.74, 6) is -1.64. The summed E-state index contributed by atoms with van der Waals surface area (Å²) in [6.45, 7) is 8.63. The molecule has 0 amide bonds. The second-order valence-corrected chi connectivity index (χ2v) is 7.19. The Morgan fingerprint density at radius 2 is 2.04 bits per heavy atom. The Morgan fingerprint density at radius 3 is 2.62 bits per heavy atom. The largest absolute Gasteiger partial charge is 0.478 e. The Morgan fingerprint density at radius 1 is 1.33 bits per heavy atom. The van der Waals surface area contributed by atoms with Crippen molar-refractivity contribution in [3.8, 4) is 0 Å². The van der Waals surface area contributed by atoms with Crippen molar-refractivity contribution in [2.45, 2.75) is 47.0 Å². The van der Waals surface area contributed by atoms with Crippen molar-refractivity contribution in [1.29, 1.82) is 0 Å². The number of carboxylic acid groups (broad SMARTS) is 1. The van der Waals surface area contributed by atoms with E-state index in [2.05, 4.69) is 26.8 Å². The summed E-state index contributed by atoms with van der Waals surface area (Å²) in [6, 6.07) is 3.98. The van der Waals surface area contributed by atoms with Gasteiger partial charge in [-0.3, -0.25) is 0 Å². The zero-order chi connectivity index (χ0) is 17.9. The Kier molecular flexibility index (Phi) is 5.43. The predicted molar refractivity (Wildman–Crippen MR) is 96.5 cm³/mol. The minimum atomic E-state index is -1.12. The minimum absolute atomic E-state index is 0.0393. The third-order valence-corrected chi connectivity index (χ3v) is 4.69. The lowest BCUT2D eigenvalue weighted by Crippen LogP contribution is -2.19. The molecule has 1 aliphatic carbocycles. The van der Waals surface area contributed by atoms with Gasteiger partial charge in [0, 0.05) is 5.56 Å². The van der Waals surface area contributed by atoms with Crippen molar-refractivity contribution in [2.24, 2.45) is 5.41 Å². The van der Waals surface area contributed by atoms with E-state index in [1.54, 1.807) is 6.08 Å². The highest BCUT2D eigenvalue weighted by Gasteiger charge is 2.26. The maximum Gasteiger partial charge on any atom is 0.335 e. The third-order valence-electron chi connectivity index (χ3n) is 4.69. The highest BCUT2D eigenvalue weighted by Crippen LogP contribution is 2.40.